The number of benzene rings is 11. The van der Waals surface area contributed by atoms with Crippen molar-refractivity contribution in [3.63, 3.8) is 0 Å². The van der Waals surface area contributed by atoms with Gasteiger partial charge in [0.2, 0.25) is 5.69 Å². The molecule has 6 heterocycles. The molecule has 0 unspecified atom stereocenters. The lowest BCUT2D eigenvalue weighted by molar-refractivity contribution is 0.668. The van der Waals surface area contributed by atoms with Crippen LogP contribution >= 0.6 is 22.7 Å². The SMILES string of the molecule is [C-]#[N+]c1c(-c2ccc3c(c2)oc2ccccc23)c(C#N)c(-n2c3cc(C)c(C)cc3c3ccc4c5ccccc5sc4c32)c(-c2ccc3c(c2)oc2ccccc23)c1-n1c2cc(C)c(C)cc2c2ccc3c4ccccc4sc3c21. The Bertz CT molecular complexity index is 5520. The Labute approximate surface area is 465 Å². The van der Waals surface area contributed by atoms with Crippen molar-refractivity contribution in [3.05, 3.63) is 221 Å². The van der Waals surface area contributed by atoms with Gasteiger partial charge in [0, 0.05) is 85.2 Å². The molecule has 0 saturated heterocycles. The first-order valence-corrected chi connectivity index (χ1v) is 28.4. The minimum Gasteiger partial charge on any atom is -0.456 e. The summed E-state index contributed by atoms with van der Waals surface area (Å²) in [6.07, 6.45) is 0. The van der Waals surface area contributed by atoms with Gasteiger partial charge in [-0.15, -0.1) is 22.7 Å². The van der Waals surface area contributed by atoms with Gasteiger partial charge >= 0.3 is 0 Å². The van der Waals surface area contributed by atoms with Crippen molar-refractivity contribution in [2.24, 2.45) is 0 Å². The summed E-state index contributed by atoms with van der Waals surface area (Å²) < 4.78 is 22.9. The lowest BCUT2D eigenvalue weighted by Crippen LogP contribution is -2.09. The molecule has 0 aliphatic heterocycles. The molecular formula is C72H42N4O2S2. The summed E-state index contributed by atoms with van der Waals surface area (Å²) in [7, 11) is 0. The number of nitriles is 1. The second-order valence-electron chi connectivity index (χ2n) is 21.5. The monoisotopic (exact) mass is 1060 g/mol. The first-order chi connectivity index (χ1) is 39.2. The van der Waals surface area contributed by atoms with Crippen LogP contribution in [0.1, 0.15) is 27.8 Å². The molecule has 0 fully saturated rings. The standard InChI is InChI=1S/C72H42N4O2S2/c1-37-30-53-49-26-28-51-47-16-8-12-20-62(47)79-71(51)68(49)75(56(53)32-39(37)3)67-55(36-73)64(41-22-24-45-43-14-6-10-18-58(43)77-60(45)34-41)66(74-5)70(65(67)42-23-25-46-44-15-7-11-19-59(44)78-61(46)35-42)76-57-33-40(4)38(2)31-54(57)50-27-29-52-48-17-9-13-21-63(48)80-72(52)69(50)76/h6-35H,1-4H3. The molecule has 6 aromatic heterocycles. The summed E-state index contributed by atoms with van der Waals surface area (Å²) in [6.45, 7) is 18.5. The smallest absolute Gasteiger partial charge is 0.220 e. The van der Waals surface area contributed by atoms with E-state index in [9.17, 15) is 11.8 Å². The van der Waals surface area contributed by atoms with Crippen LogP contribution in [-0.2, 0) is 0 Å². The summed E-state index contributed by atoms with van der Waals surface area (Å²) in [5.41, 5.74) is 16.4. The molecule has 0 aliphatic rings. The number of fused-ring (bicyclic) bond motifs is 20. The molecule has 17 rings (SSSR count). The van der Waals surface area contributed by atoms with E-state index in [0.29, 0.717) is 44.9 Å². The molecule has 0 amide bonds. The van der Waals surface area contributed by atoms with E-state index < -0.39 is 0 Å². The van der Waals surface area contributed by atoms with Crippen molar-refractivity contribution < 1.29 is 8.83 Å². The summed E-state index contributed by atoms with van der Waals surface area (Å²) >= 11 is 3.57. The third kappa shape index (κ3) is 5.98. The molecule has 17 aromatic rings. The number of thiophene rings is 2. The first kappa shape index (κ1) is 45.1. The van der Waals surface area contributed by atoms with E-state index in [2.05, 4.69) is 182 Å². The Kier molecular flexibility index (Phi) is 9.19. The predicted molar refractivity (Wildman–Crippen MR) is 336 cm³/mol. The number of furan rings is 2. The van der Waals surface area contributed by atoms with Gasteiger partial charge in [-0.3, -0.25) is 0 Å². The minimum atomic E-state index is 0.357. The zero-order chi connectivity index (χ0) is 53.4. The normalized spacial score (nSPS) is 12.2. The Morgan fingerprint density at radius 3 is 1.32 bits per heavy atom. The number of nitrogens with zero attached hydrogens (tertiary/aromatic N) is 4. The molecule has 0 aliphatic carbocycles. The highest BCUT2D eigenvalue weighted by molar-refractivity contribution is 7.27. The maximum Gasteiger partial charge on any atom is 0.220 e. The van der Waals surface area contributed by atoms with Crippen molar-refractivity contribution in [2.75, 3.05) is 0 Å². The third-order valence-corrected chi connectivity index (χ3v) is 19.6. The van der Waals surface area contributed by atoms with Crippen LogP contribution in [0, 0.1) is 45.6 Å². The number of rotatable bonds is 4. The van der Waals surface area contributed by atoms with E-state index in [0.717, 1.165) is 119 Å². The Hall–Kier alpha value is -9.96. The topological polar surface area (TPSA) is 64.3 Å². The lowest BCUT2D eigenvalue weighted by Gasteiger charge is -2.26. The van der Waals surface area contributed by atoms with E-state index >= 15 is 0 Å². The third-order valence-electron chi connectivity index (χ3n) is 17.2. The average Bonchev–Trinajstić information content (AvgIpc) is 4.16. The predicted octanol–water partition coefficient (Wildman–Crippen LogP) is 21.4. The van der Waals surface area contributed by atoms with Crippen LogP contribution < -0.4 is 0 Å². The summed E-state index contributed by atoms with van der Waals surface area (Å²) in [5, 5.41) is 25.5. The van der Waals surface area contributed by atoms with Gasteiger partial charge in [-0.1, -0.05) is 109 Å². The highest BCUT2D eigenvalue weighted by Crippen LogP contribution is 2.55. The fraction of sp³-hybridized carbons (Fsp3) is 0.0556. The van der Waals surface area contributed by atoms with Gasteiger partial charge in [-0.2, -0.15) is 5.26 Å². The fourth-order valence-electron chi connectivity index (χ4n) is 13.2. The Morgan fingerprint density at radius 2 is 0.825 bits per heavy atom. The summed E-state index contributed by atoms with van der Waals surface area (Å²) in [5.74, 6) is 0. The number of para-hydroxylation sites is 2. The molecule has 6 nitrogen and oxygen atoms in total. The molecule has 0 N–H and O–H groups in total. The van der Waals surface area contributed by atoms with Crippen molar-refractivity contribution in [3.8, 4) is 39.7 Å². The van der Waals surface area contributed by atoms with Crippen molar-refractivity contribution in [2.45, 2.75) is 27.7 Å². The average molecular weight is 1060 g/mol. The van der Waals surface area contributed by atoms with Gasteiger partial charge in [0.25, 0.3) is 0 Å². The van der Waals surface area contributed by atoms with Crippen LogP contribution in [0.15, 0.2) is 191 Å². The molecule has 11 aromatic carbocycles. The number of aromatic nitrogens is 2. The fourth-order valence-corrected chi connectivity index (χ4v) is 15.7. The molecule has 374 valence electrons. The van der Waals surface area contributed by atoms with Crippen LogP contribution in [0.4, 0.5) is 5.69 Å². The molecule has 0 bridgehead atoms. The largest absolute Gasteiger partial charge is 0.456 e. The maximum absolute atomic E-state index is 12.6. The number of aryl methyl sites for hydroxylation is 4. The number of hydrogen-bond acceptors (Lipinski definition) is 5. The highest BCUT2D eigenvalue weighted by Gasteiger charge is 2.34. The van der Waals surface area contributed by atoms with Gasteiger partial charge in [-0.05, 0) is 134 Å². The molecule has 0 saturated carbocycles. The van der Waals surface area contributed by atoms with Gasteiger partial charge in [0.1, 0.15) is 28.4 Å². The second-order valence-corrected chi connectivity index (χ2v) is 23.6. The van der Waals surface area contributed by atoms with Gasteiger partial charge < -0.3 is 18.0 Å². The van der Waals surface area contributed by atoms with Crippen LogP contribution in [0.2, 0.25) is 0 Å². The van der Waals surface area contributed by atoms with E-state index in [1.165, 1.54) is 31.3 Å². The van der Waals surface area contributed by atoms with Crippen molar-refractivity contribution >= 4 is 156 Å². The molecule has 0 atom stereocenters. The van der Waals surface area contributed by atoms with Crippen molar-refractivity contribution in [1.29, 1.82) is 5.26 Å². The van der Waals surface area contributed by atoms with E-state index in [1.807, 2.05) is 42.5 Å². The van der Waals surface area contributed by atoms with Gasteiger partial charge in [0.05, 0.1) is 55.0 Å². The quantitative estimate of drug-likeness (QED) is 0.165. The van der Waals surface area contributed by atoms with E-state index in [1.54, 1.807) is 22.7 Å². The van der Waals surface area contributed by atoms with Crippen LogP contribution in [0.5, 0.6) is 0 Å². The maximum atomic E-state index is 12.6. The van der Waals surface area contributed by atoms with Crippen LogP contribution in [-0.4, -0.2) is 9.13 Å². The summed E-state index contributed by atoms with van der Waals surface area (Å²) in [4.78, 5) is 4.77. The van der Waals surface area contributed by atoms with E-state index in [-0.39, 0.29) is 0 Å². The highest BCUT2D eigenvalue weighted by atomic mass is 32.1. The summed E-state index contributed by atoms with van der Waals surface area (Å²) in [6, 6.07) is 67.5. The molecule has 0 radical (unpaired) electrons. The zero-order valence-electron chi connectivity index (χ0n) is 43.7. The minimum absolute atomic E-state index is 0.357. The van der Waals surface area contributed by atoms with Crippen LogP contribution in [0.3, 0.4) is 0 Å². The second kappa shape index (κ2) is 16.3. The zero-order valence-corrected chi connectivity index (χ0v) is 45.4. The lowest BCUT2D eigenvalue weighted by atomic mass is 9.88. The van der Waals surface area contributed by atoms with E-state index in [4.69, 9.17) is 13.7 Å². The molecule has 8 heteroatoms. The molecule has 80 heavy (non-hydrogen) atoms. The van der Waals surface area contributed by atoms with Gasteiger partial charge in [0.15, 0.2) is 0 Å². The number of hydrogen-bond donors (Lipinski definition) is 0. The molecule has 0 spiro atoms. The Morgan fingerprint density at radius 1 is 0.412 bits per heavy atom. The van der Waals surface area contributed by atoms with Gasteiger partial charge in [-0.25, -0.2) is 4.85 Å². The van der Waals surface area contributed by atoms with Crippen molar-refractivity contribution in [1.82, 2.24) is 9.13 Å². The molecular weight excluding hydrogens is 1020 g/mol. The first-order valence-electron chi connectivity index (χ1n) is 26.8. The Balaban J connectivity index is 1.17. The van der Waals surface area contributed by atoms with Crippen LogP contribution in [0.25, 0.3) is 166 Å².